The van der Waals surface area contributed by atoms with Crippen molar-refractivity contribution in [1.29, 1.82) is 0 Å². The van der Waals surface area contributed by atoms with Gasteiger partial charge in [-0.3, -0.25) is 4.79 Å². The lowest BCUT2D eigenvalue weighted by Gasteiger charge is -2.24. The van der Waals surface area contributed by atoms with Gasteiger partial charge in [0.25, 0.3) is 5.91 Å². The summed E-state index contributed by atoms with van der Waals surface area (Å²) in [5.41, 5.74) is 3.52. The maximum Gasteiger partial charge on any atom is 0.323 e. The van der Waals surface area contributed by atoms with Crippen LogP contribution >= 0.6 is 0 Å². The van der Waals surface area contributed by atoms with E-state index in [0.717, 1.165) is 24.0 Å². The molecule has 3 N–H and O–H groups in total. The Hall–Kier alpha value is -4.58. The van der Waals surface area contributed by atoms with Crippen molar-refractivity contribution >= 4 is 23.3 Å². The van der Waals surface area contributed by atoms with Crippen molar-refractivity contribution in [3.8, 4) is 5.75 Å². The van der Waals surface area contributed by atoms with Gasteiger partial charge in [0.15, 0.2) is 0 Å². The average Bonchev–Trinajstić information content (AvgIpc) is 3.01. The number of carbonyl (C=O) groups excluding carboxylic acids is 2. The van der Waals surface area contributed by atoms with Crippen LogP contribution < -0.4 is 20.7 Å². The molecule has 0 heterocycles. The molecule has 1 aliphatic carbocycles. The average molecular weight is 534 g/mol. The first-order chi connectivity index (χ1) is 19.7. The molecule has 0 aromatic heterocycles. The number of nitrogens with one attached hydrogen (secondary N) is 3. The Morgan fingerprint density at radius 2 is 1.27 bits per heavy atom. The summed E-state index contributed by atoms with van der Waals surface area (Å²) < 4.78 is 6.60. The van der Waals surface area contributed by atoms with Crippen LogP contribution in [-0.2, 0) is 0 Å². The zero-order valence-electron chi connectivity index (χ0n) is 22.5. The highest BCUT2D eigenvalue weighted by molar-refractivity contribution is 6.02. The SMILES string of the molecule is O=C(Nc1ccccc1)Nc1ccc(OC(c2ccccc2)c2ccccc2)c(C(=O)NCC2CCCCC2)c1. The number of amides is 3. The van der Waals surface area contributed by atoms with Gasteiger partial charge >= 0.3 is 6.03 Å². The lowest BCUT2D eigenvalue weighted by molar-refractivity contribution is 0.0937. The fraction of sp³-hybridized carbons (Fsp3) is 0.235. The van der Waals surface area contributed by atoms with E-state index >= 15 is 0 Å². The van der Waals surface area contributed by atoms with Crippen LogP contribution in [0.25, 0.3) is 0 Å². The molecule has 0 aliphatic heterocycles. The van der Waals surface area contributed by atoms with E-state index in [1.807, 2.05) is 91.0 Å². The van der Waals surface area contributed by atoms with Crippen LogP contribution in [-0.4, -0.2) is 18.5 Å². The highest BCUT2D eigenvalue weighted by Crippen LogP contribution is 2.32. The van der Waals surface area contributed by atoms with Gasteiger partial charge in [-0.05, 0) is 60.2 Å². The predicted molar refractivity (Wildman–Crippen MR) is 160 cm³/mol. The molecule has 3 amide bonds. The van der Waals surface area contributed by atoms with Crippen LogP contribution in [0.2, 0.25) is 0 Å². The molecule has 4 aromatic rings. The van der Waals surface area contributed by atoms with E-state index in [4.69, 9.17) is 4.74 Å². The fourth-order valence-electron chi connectivity index (χ4n) is 5.14. The number of anilines is 2. The molecule has 40 heavy (non-hydrogen) atoms. The van der Waals surface area contributed by atoms with Crippen LogP contribution in [0.15, 0.2) is 109 Å². The monoisotopic (exact) mass is 533 g/mol. The van der Waals surface area contributed by atoms with Crippen molar-refractivity contribution in [3.05, 3.63) is 126 Å². The second-order valence-electron chi connectivity index (χ2n) is 10.2. The minimum absolute atomic E-state index is 0.215. The second kappa shape index (κ2) is 13.5. The summed E-state index contributed by atoms with van der Waals surface area (Å²) in [4.78, 5) is 26.2. The number of urea groups is 1. The van der Waals surface area contributed by atoms with E-state index in [1.165, 1.54) is 19.3 Å². The summed E-state index contributed by atoms with van der Waals surface area (Å²) in [5.74, 6) is 0.724. The highest BCUT2D eigenvalue weighted by atomic mass is 16.5. The van der Waals surface area contributed by atoms with E-state index in [1.54, 1.807) is 18.2 Å². The molecule has 6 nitrogen and oxygen atoms in total. The number of para-hydroxylation sites is 1. The Kier molecular flexibility index (Phi) is 9.09. The Bertz CT molecular complexity index is 1350. The molecule has 4 aromatic carbocycles. The summed E-state index contributed by atoms with van der Waals surface area (Å²) in [6.45, 7) is 0.630. The van der Waals surface area contributed by atoms with Gasteiger partial charge in [0.2, 0.25) is 0 Å². The number of hydrogen-bond acceptors (Lipinski definition) is 3. The quantitative estimate of drug-likeness (QED) is 0.205. The predicted octanol–water partition coefficient (Wildman–Crippen LogP) is 7.81. The van der Waals surface area contributed by atoms with E-state index in [9.17, 15) is 9.59 Å². The molecular weight excluding hydrogens is 498 g/mol. The van der Waals surface area contributed by atoms with E-state index in [0.29, 0.717) is 35.2 Å². The van der Waals surface area contributed by atoms with E-state index < -0.39 is 6.10 Å². The number of carbonyl (C=O) groups is 2. The Balaban J connectivity index is 1.41. The topological polar surface area (TPSA) is 79.5 Å². The zero-order valence-corrected chi connectivity index (χ0v) is 22.5. The van der Waals surface area contributed by atoms with Gasteiger partial charge in [-0.15, -0.1) is 0 Å². The zero-order chi connectivity index (χ0) is 27.6. The first-order valence-electron chi connectivity index (χ1n) is 14.0. The molecule has 6 heteroatoms. The molecular formula is C34H35N3O3. The van der Waals surface area contributed by atoms with Crippen molar-refractivity contribution in [2.45, 2.75) is 38.2 Å². The van der Waals surface area contributed by atoms with E-state index in [2.05, 4.69) is 16.0 Å². The molecule has 0 radical (unpaired) electrons. The molecule has 1 fully saturated rings. The first kappa shape index (κ1) is 27.0. The van der Waals surface area contributed by atoms with Crippen LogP contribution in [0.3, 0.4) is 0 Å². The number of ether oxygens (including phenoxy) is 1. The molecule has 1 saturated carbocycles. The highest BCUT2D eigenvalue weighted by Gasteiger charge is 2.22. The summed E-state index contributed by atoms with van der Waals surface area (Å²) in [6, 6.07) is 33.9. The number of rotatable bonds is 9. The molecule has 5 rings (SSSR count). The molecule has 0 spiro atoms. The minimum atomic E-state index is -0.410. The third-order valence-corrected chi connectivity index (χ3v) is 7.24. The first-order valence-corrected chi connectivity index (χ1v) is 14.0. The summed E-state index contributed by atoms with van der Waals surface area (Å²) in [5, 5.41) is 8.80. The molecule has 1 aliphatic rings. The molecule has 0 bridgehead atoms. The standard InChI is InChI=1S/C34H35N3O3/c38-33(35-24-25-13-5-1-6-14-25)30-23-29(37-34(39)36-28-19-11-4-12-20-28)21-22-31(30)40-32(26-15-7-2-8-16-26)27-17-9-3-10-18-27/h2-4,7-12,15-23,25,32H,1,5-6,13-14,24H2,(H,35,38)(H2,36,37,39). The number of hydrogen-bond donors (Lipinski definition) is 3. The third-order valence-electron chi connectivity index (χ3n) is 7.24. The molecule has 0 unspecified atom stereocenters. The van der Waals surface area contributed by atoms with E-state index in [-0.39, 0.29) is 11.9 Å². The maximum absolute atomic E-state index is 13.6. The largest absolute Gasteiger partial charge is 0.480 e. The van der Waals surface area contributed by atoms with Crippen LogP contribution in [0.5, 0.6) is 5.75 Å². The Morgan fingerprint density at radius 1 is 0.700 bits per heavy atom. The van der Waals surface area contributed by atoms with Crippen molar-refractivity contribution < 1.29 is 14.3 Å². The summed E-state index contributed by atoms with van der Waals surface area (Å²) in [7, 11) is 0. The minimum Gasteiger partial charge on any atom is -0.480 e. The van der Waals surface area contributed by atoms with Crippen LogP contribution in [0, 0.1) is 5.92 Å². The Morgan fingerprint density at radius 3 is 1.90 bits per heavy atom. The molecule has 0 atom stereocenters. The fourth-order valence-corrected chi connectivity index (χ4v) is 5.14. The van der Waals surface area contributed by atoms with Crippen molar-refractivity contribution in [2.24, 2.45) is 5.92 Å². The Labute approximate surface area is 235 Å². The van der Waals surface area contributed by atoms with Gasteiger partial charge in [-0.2, -0.15) is 0 Å². The normalized spacial score (nSPS) is 13.4. The molecule has 204 valence electrons. The van der Waals surface area contributed by atoms with Gasteiger partial charge < -0.3 is 20.7 Å². The van der Waals surface area contributed by atoms with Gasteiger partial charge in [-0.1, -0.05) is 98.1 Å². The van der Waals surface area contributed by atoms with Gasteiger partial charge in [0.1, 0.15) is 11.9 Å². The molecule has 0 saturated heterocycles. The van der Waals surface area contributed by atoms with Crippen molar-refractivity contribution in [1.82, 2.24) is 5.32 Å². The number of benzene rings is 4. The van der Waals surface area contributed by atoms with Crippen molar-refractivity contribution in [3.63, 3.8) is 0 Å². The smallest absolute Gasteiger partial charge is 0.323 e. The van der Waals surface area contributed by atoms with Crippen LogP contribution in [0.1, 0.15) is 59.7 Å². The third kappa shape index (κ3) is 7.29. The van der Waals surface area contributed by atoms with Gasteiger partial charge in [0.05, 0.1) is 5.56 Å². The summed E-state index contributed by atoms with van der Waals surface area (Å²) in [6.07, 6.45) is 5.54. The van der Waals surface area contributed by atoms with Crippen LogP contribution in [0.4, 0.5) is 16.2 Å². The van der Waals surface area contributed by atoms with Gasteiger partial charge in [0, 0.05) is 17.9 Å². The van der Waals surface area contributed by atoms with Crippen molar-refractivity contribution in [2.75, 3.05) is 17.2 Å². The van der Waals surface area contributed by atoms with Gasteiger partial charge in [-0.25, -0.2) is 4.79 Å². The lowest BCUT2D eigenvalue weighted by atomic mass is 9.89. The lowest BCUT2D eigenvalue weighted by Crippen LogP contribution is -2.31. The summed E-state index contributed by atoms with van der Waals surface area (Å²) >= 11 is 0. The second-order valence-corrected chi connectivity index (χ2v) is 10.2. The maximum atomic E-state index is 13.6.